The fourth-order valence-electron chi connectivity index (χ4n) is 3.27. The second kappa shape index (κ2) is 6.73. The van der Waals surface area contributed by atoms with Crippen LogP contribution in [0.15, 0.2) is 21.2 Å². The highest BCUT2D eigenvalue weighted by Crippen LogP contribution is 2.23. The highest BCUT2D eigenvalue weighted by molar-refractivity contribution is 5.74. The van der Waals surface area contributed by atoms with Gasteiger partial charge >= 0.3 is 5.69 Å². The van der Waals surface area contributed by atoms with Crippen LogP contribution in [0, 0.1) is 0 Å². The van der Waals surface area contributed by atoms with Crippen molar-refractivity contribution >= 4 is 17.1 Å². The third-order valence-corrected chi connectivity index (χ3v) is 4.91. The molecule has 9 heteroatoms. The van der Waals surface area contributed by atoms with Gasteiger partial charge in [0.1, 0.15) is 0 Å². The van der Waals surface area contributed by atoms with Gasteiger partial charge in [-0.15, -0.1) is 0 Å². The summed E-state index contributed by atoms with van der Waals surface area (Å²) in [5.74, 6) is 0.596. The van der Waals surface area contributed by atoms with E-state index in [-0.39, 0.29) is 11.6 Å². The van der Waals surface area contributed by atoms with Crippen molar-refractivity contribution in [3.05, 3.63) is 32.5 Å². The topological polar surface area (TPSA) is 111 Å². The third-order valence-electron chi connectivity index (χ3n) is 4.91. The van der Waals surface area contributed by atoms with Crippen LogP contribution >= 0.6 is 0 Å². The molecule has 2 aromatic heterocycles. The van der Waals surface area contributed by atoms with E-state index in [0.29, 0.717) is 43.2 Å². The number of aliphatic hydroxyl groups excluding tert-OH is 1. The van der Waals surface area contributed by atoms with Gasteiger partial charge < -0.3 is 20.3 Å². The van der Waals surface area contributed by atoms with Crippen LogP contribution in [0.1, 0.15) is 20.3 Å². The normalized spacial score (nSPS) is 20.6. The third kappa shape index (κ3) is 2.97. The van der Waals surface area contributed by atoms with Crippen molar-refractivity contribution in [2.24, 2.45) is 19.8 Å². The molecule has 0 radical (unpaired) electrons. The van der Waals surface area contributed by atoms with Crippen molar-refractivity contribution in [2.75, 3.05) is 18.0 Å². The molecule has 3 rings (SSSR count). The maximum Gasteiger partial charge on any atom is 0.332 e. The molecule has 26 heavy (non-hydrogen) atoms. The summed E-state index contributed by atoms with van der Waals surface area (Å²) in [6.07, 6.45) is 2.00. The first-order valence-corrected chi connectivity index (χ1v) is 8.70. The summed E-state index contributed by atoms with van der Waals surface area (Å²) in [5, 5.41) is 9.90. The monoisotopic (exact) mass is 362 g/mol. The number of piperidine rings is 1. The number of hydrogen-bond donors (Lipinski definition) is 2. The summed E-state index contributed by atoms with van der Waals surface area (Å²) in [6.45, 7) is 5.46. The molecule has 1 saturated heterocycles. The minimum atomic E-state index is -0.543. The first-order chi connectivity index (χ1) is 12.2. The fourth-order valence-corrected chi connectivity index (χ4v) is 3.27. The Morgan fingerprint density at radius 2 is 2.00 bits per heavy atom. The molecule has 3 N–H and O–H groups in total. The lowest BCUT2D eigenvalue weighted by atomic mass is 10.0. The molecule has 2 atom stereocenters. The molecule has 9 nitrogen and oxygen atoms in total. The number of fused-ring (bicyclic) bond motifs is 1. The number of aliphatic hydroxyl groups is 1. The van der Waals surface area contributed by atoms with E-state index in [4.69, 9.17) is 5.73 Å². The number of allylic oxidation sites excluding steroid dienone is 2. The summed E-state index contributed by atoms with van der Waals surface area (Å²) in [6, 6.07) is -0.382. The fraction of sp³-hybridized carbons (Fsp3) is 0.588. The smallest absolute Gasteiger partial charge is 0.332 e. The highest BCUT2D eigenvalue weighted by Gasteiger charge is 2.29. The van der Waals surface area contributed by atoms with Gasteiger partial charge in [-0.05, 0) is 20.3 Å². The van der Waals surface area contributed by atoms with Crippen LogP contribution in [0.3, 0.4) is 0 Å². The largest absolute Gasteiger partial charge is 0.391 e. The van der Waals surface area contributed by atoms with Crippen molar-refractivity contribution < 1.29 is 5.11 Å². The maximum atomic E-state index is 12.8. The van der Waals surface area contributed by atoms with Crippen LogP contribution in [0.2, 0.25) is 0 Å². The summed E-state index contributed by atoms with van der Waals surface area (Å²) in [7, 11) is 3.08. The Bertz CT molecular complexity index is 979. The molecule has 0 spiro atoms. The van der Waals surface area contributed by atoms with Gasteiger partial charge in [0.15, 0.2) is 11.2 Å². The standard InChI is InChI=1S/C17H26N6O3/c1-10(2)5-8-23-13-14(20(3)17(26)21(4)15(13)25)19-16(23)22-7-6-12(24)11(18)9-22/h5,11-12,24H,6-9,18H2,1-4H3. The Morgan fingerprint density at radius 3 is 2.62 bits per heavy atom. The molecule has 1 fully saturated rings. The van der Waals surface area contributed by atoms with E-state index in [9.17, 15) is 14.7 Å². The molecular weight excluding hydrogens is 336 g/mol. The molecule has 2 unspecified atom stereocenters. The average molecular weight is 362 g/mol. The first-order valence-electron chi connectivity index (χ1n) is 8.70. The van der Waals surface area contributed by atoms with E-state index in [1.165, 1.54) is 11.6 Å². The molecule has 3 heterocycles. The second-order valence-corrected chi connectivity index (χ2v) is 7.15. The van der Waals surface area contributed by atoms with E-state index in [0.717, 1.165) is 10.1 Å². The number of nitrogens with two attached hydrogens (primary N) is 1. The lowest BCUT2D eigenvalue weighted by molar-refractivity contribution is 0.124. The number of nitrogens with zero attached hydrogens (tertiary/aromatic N) is 5. The van der Waals surface area contributed by atoms with Crippen molar-refractivity contribution in [1.82, 2.24) is 18.7 Å². The van der Waals surface area contributed by atoms with E-state index in [1.54, 1.807) is 7.05 Å². The number of anilines is 1. The molecule has 1 aliphatic heterocycles. The van der Waals surface area contributed by atoms with Gasteiger partial charge in [0.25, 0.3) is 5.56 Å². The molecule has 0 aromatic carbocycles. The maximum absolute atomic E-state index is 12.8. The zero-order chi connectivity index (χ0) is 19.2. The van der Waals surface area contributed by atoms with Gasteiger partial charge in [0, 0.05) is 39.8 Å². The lowest BCUT2D eigenvalue weighted by Gasteiger charge is -2.34. The van der Waals surface area contributed by atoms with Crippen LogP contribution in [-0.4, -0.2) is 49.0 Å². The van der Waals surface area contributed by atoms with Gasteiger partial charge in [-0.2, -0.15) is 4.98 Å². The number of imidazole rings is 1. The predicted octanol–water partition coefficient (Wildman–Crippen LogP) is -0.702. The molecule has 1 aliphatic rings. The van der Waals surface area contributed by atoms with Gasteiger partial charge in [-0.3, -0.25) is 13.9 Å². The highest BCUT2D eigenvalue weighted by atomic mass is 16.3. The van der Waals surface area contributed by atoms with Crippen molar-refractivity contribution in [2.45, 2.75) is 39.0 Å². The SMILES string of the molecule is CC(C)=CCn1c(N2CCC(O)C(N)C2)nc2c1c(=O)n(C)c(=O)n2C. The lowest BCUT2D eigenvalue weighted by Crippen LogP contribution is -2.52. The quantitative estimate of drug-likeness (QED) is 0.699. The number of aromatic nitrogens is 4. The number of aryl methyl sites for hydroxylation is 1. The molecule has 142 valence electrons. The Hall–Kier alpha value is -2.39. The van der Waals surface area contributed by atoms with Crippen LogP contribution < -0.4 is 21.9 Å². The summed E-state index contributed by atoms with van der Waals surface area (Å²) < 4.78 is 4.31. The Labute approximate surface area is 151 Å². The van der Waals surface area contributed by atoms with Crippen LogP contribution in [0.25, 0.3) is 11.2 Å². The minimum absolute atomic E-state index is 0.356. The first kappa shape index (κ1) is 18.4. The number of hydrogen-bond acceptors (Lipinski definition) is 6. The summed E-state index contributed by atoms with van der Waals surface area (Å²) in [5.41, 5.74) is 7.10. The summed E-state index contributed by atoms with van der Waals surface area (Å²) >= 11 is 0. The van der Waals surface area contributed by atoms with E-state index in [1.807, 2.05) is 29.4 Å². The van der Waals surface area contributed by atoms with Crippen molar-refractivity contribution in [3.63, 3.8) is 0 Å². The zero-order valence-electron chi connectivity index (χ0n) is 15.6. The van der Waals surface area contributed by atoms with Crippen molar-refractivity contribution in [3.8, 4) is 0 Å². The molecule has 0 saturated carbocycles. The van der Waals surface area contributed by atoms with Gasteiger partial charge in [0.2, 0.25) is 5.95 Å². The molecule has 0 amide bonds. The second-order valence-electron chi connectivity index (χ2n) is 7.15. The Morgan fingerprint density at radius 1 is 1.31 bits per heavy atom. The Balaban J connectivity index is 2.25. The average Bonchev–Trinajstić information content (AvgIpc) is 2.98. The zero-order valence-corrected chi connectivity index (χ0v) is 15.6. The van der Waals surface area contributed by atoms with Gasteiger partial charge in [-0.25, -0.2) is 4.79 Å². The minimum Gasteiger partial charge on any atom is -0.391 e. The van der Waals surface area contributed by atoms with Gasteiger partial charge in [-0.1, -0.05) is 11.6 Å². The van der Waals surface area contributed by atoms with E-state index >= 15 is 0 Å². The van der Waals surface area contributed by atoms with Gasteiger partial charge in [0.05, 0.1) is 6.10 Å². The predicted molar refractivity (Wildman–Crippen MR) is 100 cm³/mol. The number of rotatable bonds is 3. The van der Waals surface area contributed by atoms with Crippen LogP contribution in [0.4, 0.5) is 5.95 Å². The Kier molecular flexibility index (Phi) is 4.76. The molecule has 0 aliphatic carbocycles. The van der Waals surface area contributed by atoms with Crippen LogP contribution in [0.5, 0.6) is 0 Å². The summed E-state index contributed by atoms with van der Waals surface area (Å²) in [4.78, 5) is 31.6. The molecular formula is C17H26N6O3. The molecule has 0 bridgehead atoms. The van der Waals surface area contributed by atoms with Crippen LogP contribution in [-0.2, 0) is 20.6 Å². The van der Waals surface area contributed by atoms with E-state index < -0.39 is 11.8 Å². The van der Waals surface area contributed by atoms with Crippen molar-refractivity contribution in [1.29, 1.82) is 0 Å². The van der Waals surface area contributed by atoms with E-state index in [2.05, 4.69) is 4.98 Å². The molecule has 2 aromatic rings.